The molecule has 1 atom stereocenters. The molecule has 2 N–H and O–H groups in total. The molecule has 14 heavy (non-hydrogen) atoms. The van der Waals surface area contributed by atoms with Crippen LogP contribution in [0.4, 0.5) is 13.2 Å². The quantitative estimate of drug-likeness (QED) is 0.785. The monoisotopic (exact) mass is 209 g/mol. The first-order valence-electron chi connectivity index (χ1n) is 3.96. The van der Waals surface area contributed by atoms with Crippen LogP contribution in [-0.2, 0) is 6.54 Å². The van der Waals surface area contributed by atoms with E-state index in [1.54, 1.807) is 6.07 Å². The zero-order valence-corrected chi connectivity index (χ0v) is 7.21. The highest BCUT2D eigenvalue weighted by Crippen LogP contribution is 2.19. The number of hydrogen-bond acceptors (Lipinski definition) is 3. The van der Waals surface area contributed by atoms with Crippen LogP contribution in [0, 0.1) is 0 Å². The van der Waals surface area contributed by atoms with E-state index in [0.717, 1.165) is 5.56 Å². The van der Waals surface area contributed by atoms with Crippen molar-refractivity contribution < 1.29 is 22.7 Å². The SMILES string of the molecule is OC(CNCc1ccoc1)C(F)(F)F. The Morgan fingerprint density at radius 3 is 2.71 bits per heavy atom. The third-order valence-corrected chi connectivity index (χ3v) is 1.62. The van der Waals surface area contributed by atoms with Gasteiger partial charge in [0.1, 0.15) is 0 Å². The summed E-state index contributed by atoms with van der Waals surface area (Å²) in [6.07, 6.45) is -4.04. The Morgan fingerprint density at radius 1 is 1.50 bits per heavy atom. The standard InChI is InChI=1S/C8H10F3NO2/c9-8(10,11)7(13)4-12-3-6-1-2-14-5-6/h1-2,5,7,12-13H,3-4H2. The van der Waals surface area contributed by atoms with Crippen LogP contribution in [0.15, 0.2) is 23.0 Å². The maximum absolute atomic E-state index is 11.8. The van der Waals surface area contributed by atoms with E-state index < -0.39 is 18.8 Å². The van der Waals surface area contributed by atoms with E-state index in [-0.39, 0.29) is 6.54 Å². The molecule has 0 aliphatic carbocycles. The lowest BCUT2D eigenvalue weighted by atomic mass is 10.3. The summed E-state index contributed by atoms with van der Waals surface area (Å²) in [5.74, 6) is 0. The zero-order chi connectivity index (χ0) is 10.6. The highest BCUT2D eigenvalue weighted by atomic mass is 19.4. The summed E-state index contributed by atoms with van der Waals surface area (Å²) in [5, 5.41) is 11.1. The second kappa shape index (κ2) is 4.47. The smallest absolute Gasteiger partial charge is 0.415 e. The van der Waals surface area contributed by atoms with Crippen LogP contribution in [-0.4, -0.2) is 23.9 Å². The molecule has 80 valence electrons. The normalized spacial score (nSPS) is 14.3. The molecule has 0 fully saturated rings. The van der Waals surface area contributed by atoms with Gasteiger partial charge in [0.15, 0.2) is 6.10 Å². The average molecular weight is 209 g/mol. The molecule has 0 aromatic carbocycles. The van der Waals surface area contributed by atoms with Crippen LogP contribution >= 0.6 is 0 Å². The molecule has 1 aromatic rings. The van der Waals surface area contributed by atoms with Crippen LogP contribution in [0.5, 0.6) is 0 Å². The first-order chi connectivity index (χ1) is 6.50. The molecule has 0 bridgehead atoms. The Balaban J connectivity index is 2.22. The first kappa shape index (κ1) is 11.1. The van der Waals surface area contributed by atoms with E-state index in [1.165, 1.54) is 12.5 Å². The van der Waals surface area contributed by atoms with Crippen molar-refractivity contribution in [1.29, 1.82) is 0 Å². The number of furan rings is 1. The second-order valence-electron chi connectivity index (χ2n) is 2.82. The van der Waals surface area contributed by atoms with Crippen molar-refractivity contribution in [2.45, 2.75) is 18.8 Å². The van der Waals surface area contributed by atoms with Crippen molar-refractivity contribution in [3.63, 3.8) is 0 Å². The van der Waals surface area contributed by atoms with Crippen molar-refractivity contribution in [2.75, 3.05) is 6.54 Å². The van der Waals surface area contributed by atoms with Gasteiger partial charge in [-0.3, -0.25) is 0 Å². The molecule has 0 saturated carbocycles. The Hall–Kier alpha value is -1.01. The van der Waals surface area contributed by atoms with Crippen molar-refractivity contribution in [2.24, 2.45) is 0 Å². The van der Waals surface area contributed by atoms with E-state index in [2.05, 4.69) is 5.32 Å². The summed E-state index contributed by atoms with van der Waals surface area (Å²) < 4.78 is 40.1. The van der Waals surface area contributed by atoms with Gasteiger partial charge >= 0.3 is 6.18 Å². The van der Waals surface area contributed by atoms with Gasteiger partial charge in [0, 0.05) is 18.7 Å². The molecule has 1 aromatic heterocycles. The topological polar surface area (TPSA) is 45.4 Å². The molecular formula is C8H10F3NO2. The predicted molar refractivity (Wildman–Crippen MR) is 42.5 cm³/mol. The van der Waals surface area contributed by atoms with Gasteiger partial charge in [-0.25, -0.2) is 0 Å². The maximum atomic E-state index is 11.8. The molecule has 0 aliphatic heterocycles. The Bertz CT molecular complexity index is 258. The Kier molecular flexibility index (Phi) is 3.54. The van der Waals surface area contributed by atoms with E-state index in [9.17, 15) is 13.2 Å². The maximum Gasteiger partial charge on any atom is 0.415 e. The van der Waals surface area contributed by atoms with Crippen molar-refractivity contribution in [3.8, 4) is 0 Å². The van der Waals surface area contributed by atoms with Gasteiger partial charge < -0.3 is 14.8 Å². The van der Waals surface area contributed by atoms with Crippen molar-refractivity contribution in [1.82, 2.24) is 5.32 Å². The highest BCUT2D eigenvalue weighted by molar-refractivity contribution is 5.04. The summed E-state index contributed by atoms with van der Waals surface area (Å²) in [6.45, 7) is -0.279. The van der Waals surface area contributed by atoms with Gasteiger partial charge in [-0.1, -0.05) is 0 Å². The molecule has 3 nitrogen and oxygen atoms in total. The first-order valence-corrected chi connectivity index (χ1v) is 3.96. The number of alkyl halides is 3. The van der Waals surface area contributed by atoms with Crippen LogP contribution in [0.25, 0.3) is 0 Å². The molecule has 6 heteroatoms. The molecule has 1 heterocycles. The Labute approximate surface area is 78.5 Å². The number of halogens is 3. The minimum absolute atomic E-state index is 0.240. The third kappa shape index (κ3) is 3.39. The summed E-state index contributed by atoms with van der Waals surface area (Å²) in [6, 6.07) is 1.63. The predicted octanol–water partition coefficient (Wildman–Crippen LogP) is 1.29. The molecule has 1 rings (SSSR count). The summed E-state index contributed by atoms with van der Waals surface area (Å²) in [4.78, 5) is 0. The van der Waals surface area contributed by atoms with Crippen LogP contribution in [0.1, 0.15) is 5.56 Å². The minimum Gasteiger partial charge on any atom is -0.472 e. The third-order valence-electron chi connectivity index (χ3n) is 1.62. The number of nitrogens with one attached hydrogen (secondary N) is 1. The van der Waals surface area contributed by atoms with Gasteiger partial charge in [-0.05, 0) is 6.07 Å². The molecule has 0 saturated heterocycles. The fourth-order valence-corrected chi connectivity index (χ4v) is 0.862. The number of aliphatic hydroxyl groups is 1. The molecule has 0 spiro atoms. The molecule has 1 unspecified atom stereocenters. The van der Waals surface area contributed by atoms with Crippen LogP contribution < -0.4 is 5.32 Å². The fraction of sp³-hybridized carbons (Fsp3) is 0.500. The molecule has 0 radical (unpaired) electrons. The van der Waals surface area contributed by atoms with Gasteiger partial charge in [0.05, 0.1) is 12.5 Å². The van der Waals surface area contributed by atoms with E-state index in [1.807, 2.05) is 0 Å². The van der Waals surface area contributed by atoms with E-state index in [4.69, 9.17) is 9.52 Å². The lowest BCUT2D eigenvalue weighted by molar-refractivity contribution is -0.201. The summed E-state index contributed by atoms with van der Waals surface area (Å²) in [7, 11) is 0. The van der Waals surface area contributed by atoms with Crippen LogP contribution in [0.2, 0.25) is 0 Å². The summed E-state index contributed by atoms with van der Waals surface area (Å²) >= 11 is 0. The molecular weight excluding hydrogens is 199 g/mol. The lowest BCUT2D eigenvalue weighted by Gasteiger charge is -2.14. The highest BCUT2D eigenvalue weighted by Gasteiger charge is 2.37. The van der Waals surface area contributed by atoms with Gasteiger partial charge in [-0.2, -0.15) is 13.2 Å². The lowest BCUT2D eigenvalue weighted by Crippen LogP contribution is -2.38. The van der Waals surface area contributed by atoms with Gasteiger partial charge in [0.25, 0.3) is 0 Å². The fourth-order valence-electron chi connectivity index (χ4n) is 0.862. The van der Waals surface area contributed by atoms with Gasteiger partial charge in [-0.15, -0.1) is 0 Å². The molecule has 0 aliphatic rings. The number of hydrogen-bond donors (Lipinski definition) is 2. The Morgan fingerprint density at radius 2 is 2.21 bits per heavy atom. The second-order valence-corrected chi connectivity index (χ2v) is 2.82. The van der Waals surface area contributed by atoms with Crippen molar-refractivity contribution >= 4 is 0 Å². The van der Waals surface area contributed by atoms with Crippen LogP contribution in [0.3, 0.4) is 0 Å². The average Bonchev–Trinajstić information content (AvgIpc) is 2.55. The summed E-state index contributed by atoms with van der Waals surface area (Å²) in [5.41, 5.74) is 0.736. The van der Waals surface area contributed by atoms with Crippen molar-refractivity contribution in [3.05, 3.63) is 24.2 Å². The molecule has 0 amide bonds. The number of rotatable bonds is 4. The zero-order valence-electron chi connectivity index (χ0n) is 7.21. The number of aliphatic hydroxyl groups excluding tert-OH is 1. The largest absolute Gasteiger partial charge is 0.472 e. The van der Waals surface area contributed by atoms with E-state index in [0.29, 0.717) is 0 Å². The van der Waals surface area contributed by atoms with Gasteiger partial charge in [0.2, 0.25) is 0 Å². The van der Waals surface area contributed by atoms with E-state index >= 15 is 0 Å². The minimum atomic E-state index is -4.57.